The molecule has 3 nitrogen and oxygen atoms in total. The monoisotopic (exact) mass is 435 g/mol. The summed E-state index contributed by atoms with van der Waals surface area (Å²) in [6.45, 7) is 5.87. The topological polar surface area (TPSA) is 52.5 Å². The number of aliphatic hydroxyl groups is 2. The maximum atomic E-state index is 10.6. The van der Waals surface area contributed by atoms with Gasteiger partial charge in [-0.15, -0.1) is 11.8 Å². The van der Waals surface area contributed by atoms with E-state index in [-0.39, 0.29) is 17.9 Å². The molecule has 32 heavy (non-hydrogen) atoms. The van der Waals surface area contributed by atoms with Gasteiger partial charge in [0.25, 0.3) is 0 Å². The van der Waals surface area contributed by atoms with Gasteiger partial charge in [0.05, 0.1) is 12.2 Å². The second kappa shape index (κ2) is 13.0. The van der Waals surface area contributed by atoms with Crippen LogP contribution in [0.25, 0.3) is 0 Å². The molecule has 0 unspecified atom stereocenters. The Morgan fingerprint density at radius 3 is 2.78 bits per heavy atom. The van der Waals surface area contributed by atoms with Crippen LogP contribution in [-0.2, 0) is 6.54 Å². The number of hydrogen-bond acceptors (Lipinski definition) is 3. The van der Waals surface area contributed by atoms with E-state index in [4.69, 9.17) is 0 Å². The summed E-state index contributed by atoms with van der Waals surface area (Å²) < 4.78 is 0. The van der Waals surface area contributed by atoms with Gasteiger partial charge in [-0.1, -0.05) is 61.1 Å². The number of allylic oxidation sites excluding steroid dienone is 2. The fourth-order valence-electron chi connectivity index (χ4n) is 5.28. The Labute approximate surface area is 195 Å². The molecule has 0 radical (unpaired) electrons. The van der Waals surface area contributed by atoms with Crippen molar-refractivity contribution < 1.29 is 10.2 Å². The molecule has 0 spiro atoms. The van der Waals surface area contributed by atoms with Crippen LogP contribution < -0.4 is 5.32 Å². The van der Waals surface area contributed by atoms with Gasteiger partial charge < -0.3 is 15.5 Å². The van der Waals surface area contributed by atoms with E-state index in [2.05, 4.69) is 59.6 Å². The predicted molar refractivity (Wildman–Crippen MR) is 133 cm³/mol. The van der Waals surface area contributed by atoms with Gasteiger partial charge in [-0.05, 0) is 75.3 Å². The number of hydrogen-bond donors (Lipinski definition) is 3. The van der Waals surface area contributed by atoms with Gasteiger partial charge in [0.1, 0.15) is 0 Å². The SMILES string of the molecule is CC#CC[C@H](C)[C@H](O)C=C[C@@H]1[C@H]2CC(=CCCCCNCc3ccccc3)C[C@H]2C[C@H]1O. The normalized spacial score (nSPS) is 27.9. The van der Waals surface area contributed by atoms with Crippen molar-refractivity contribution >= 4 is 0 Å². The summed E-state index contributed by atoms with van der Waals surface area (Å²) in [6.07, 6.45) is 13.1. The highest BCUT2D eigenvalue weighted by Crippen LogP contribution is 2.50. The van der Waals surface area contributed by atoms with E-state index in [0.29, 0.717) is 18.3 Å². The molecule has 1 aromatic rings. The highest BCUT2D eigenvalue weighted by atomic mass is 16.3. The van der Waals surface area contributed by atoms with Crippen molar-refractivity contribution in [3.63, 3.8) is 0 Å². The maximum Gasteiger partial charge on any atom is 0.0755 e. The van der Waals surface area contributed by atoms with Crippen molar-refractivity contribution in [1.29, 1.82) is 0 Å². The fraction of sp³-hybridized carbons (Fsp3) is 0.586. The first kappa shape index (κ1) is 24.8. The summed E-state index contributed by atoms with van der Waals surface area (Å²) in [7, 11) is 0. The van der Waals surface area contributed by atoms with Crippen LogP contribution in [0.4, 0.5) is 0 Å². The number of nitrogens with one attached hydrogen (secondary N) is 1. The number of aliphatic hydroxyl groups excluding tert-OH is 2. The first-order valence-corrected chi connectivity index (χ1v) is 12.4. The summed E-state index contributed by atoms with van der Waals surface area (Å²) in [5, 5.41) is 24.5. The molecule has 174 valence electrons. The lowest BCUT2D eigenvalue weighted by Crippen LogP contribution is -2.19. The molecule has 2 aliphatic carbocycles. The van der Waals surface area contributed by atoms with E-state index in [1.54, 1.807) is 5.57 Å². The summed E-state index contributed by atoms with van der Waals surface area (Å²) in [6, 6.07) is 10.6. The van der Waals surface area contributed by atoms with Crippen LogP contribution >= 0.6 is 0 Å². The number of benzene rings is 1. The van der Waals surface area contributed by atoms with E-state index in [1.807, 2.05) is 19.9 Å². The molecule has 3 rings (SSSR count). The maximum absolute atomic E-state index is 10.6. The summed E-state index contributed by atoms with van der Waals surface area (Å²) >= 11 is 0. The van der Waals surface area contributed by atoms with E-state index < -0.39 is 6.10 Å². The fourth-order valence-corrected chi connectivity index (χ4v) is 5.28. The van der Waals surface area contributed by atoms with Crippen molar-refractivity contribution in [1.82, 2.24) is 5.32 Å². The molecule has 0 amide bonds. The van der Waals surface area contributed by atoms with Crippen LogP contribution in [0.2, 0.25) is 0 Å². The Morgan fingerprint density at radius 2 is 2.00 bits per heavy atom. The second-order valence-corrected chi connectivity index (χ2v) is 9.72. The summed E-state index contributed by atoms with van der Waals surface area (Å²) in [4.78, 5) is 0. The summed E-state index contributed by atoms with van der Waals surface area (Å²) in [5.74, 6) is 7.36. The van der Waals surface area contributed by atoms with Gasteiger partial charge in [-0.2, -0.15) is 0 Å². The molecule has 0 saturated heterocycles. The smallest absolute Gasteiger partial charge is 0.0755 e. The average Bonchev–Trinajstić information content (AvgIpc) is 3.32. The van der Waals surface area contributed by atoms with Gasteiger partial charge in [0, 0.05) is 18.9 Å². The lowest BCUT2D eigenvalue weighted by Gasteiger charge is -2.19. The zero-order valence-corrected chi connectivity index (χ0v) is 19.8. The minimum Gasteiger partial charge on any atom is -0.392 e. The Morgan fingerprint density at radius 1 is 1.19 bits per heavy atom. The van der Waals surface area contributed by atoms with Crippen molar-refractivity contribution in [3.05, 3.63) is 59.7 Å². The van der Waals surface area contributed by atoms with Crippen molar-refractivity contribution in [2.75, 3.05) is 6.54 Å². The van der Waals surface area contributed by atoms with E-state index in [9.17, 15) is 10.2 Å². The molecule has 2 aliphatic rings. The highest BCUT2D eigenvalue weighted by Gasteiger charge is 2.44. The average molecular weight is 436 g/mol. The molecule has 0 bridgehead atoms. The predicted octanol–water partition coefficient (Wildman–Crippen LogP) is 5.25. The molecule has 2 saturated carbocycles. The number of fused-ring (bicyclic) bond motifs is 1. The van der Waals surface area contributed by atoms with Gasteiger partial charge in [-0.3, -0.25) is 0 Å². The zero-order valence-electron chi connectivity index (χ0n) is 19.8. The third kappa shape index (κ3) is 7.34. The first-order chi connectivity index (χ1) is 15.6. The van der Waals surface area contributed by atoms with Gasteiger partial charge >= 0.3 is 0 Å². The molecule has 3 N–H and O–H groups in total. The summed E-state index contributed by atoms with van der Waals surface area (Å²) in [5.41, 5.74) is 2.92. The molecule has 2 fully saturated rings. The zero-order chi connectivity index (χ0) is 22.8. The van der Waals surface area contributed by atoms with Gasteiger partial charge in [0.2, 0.25) is 0 Å². The molecular formula is C29H41NO2. The Bertz CT molecular complexity index is 803. The van der Waals surface area contributed by atoms with Crippen molar-refractivity contribution in [2.24, 2.45) is 23.7 Å². The molecular weight excluding hydrogens is 394 g/mol. The third-order valence-corrected chi connectivity index (χ3v) is 7.24. The van der Waals surface area contributed by atoms with E-state index in [0.717, 1.165) is 38.8 Å². The largest absolute Gasteiger partial charge is 0.392 e. The van der Waals surface area contributed by atoms with Crippen LogP contribution in [0, 0.1) is 35.5 Å². The van der Waals surface area contributed by atoms with E-state index in [1.165, 1.54) is 18.4 Å². The standard InChI is InChI=1S/C29H41NO2/c1-3-4-11-22(2)28(31)16-15-26-27-19-24(18-25(27)20-29(26)32)14-9-6-10-17-30-21-23-12-7-5-8-13-23/h5,7-8,12-16,22,25-32H,6,9-11,17-21H2,1-2H3/t22-,25-,26+,27-,28+,29+/m0/s1. The minimum absolute atomic E-state index is 0.120. The third-order valence-electron chi connectivity index (χ3n) is 7.24. The van der Waals surface area contributed by atoms with Crippen LogP contribution in [0.15, 0.2) is 54.1 Å². The quantitative estimate of drug-likeness (QED) is 0.253. The minimum atomic E-state index is -0.492. The van der Waals surface area contributed by atoms with Crippen molar-refractivity contribution in [2.45, 2.75) is 77.5 Å². The lowest BCUT2D eigenvalue weighted by atomic mass is 9.89. The Kier molecular flexibility index (Phi) is 10.1. The molecule has 0 aliphatic heterocycles. The van der Waals surface area contributed by atoms with E-state index >= 15 is 0 Å². The molecule has 3 heteroatoms. The highest BCUT2D eigenvalue weighted by molar-refractivity contribution is 5.18. The number of rotatable bonds is 11. The molecule has 0 heterocycles. The second-order valence-electron chi connectivity index (χ2n) is 9.72. The van der Waals surface area contributed by atoms with Crippen LogP contribution in [0.5, 0.6) is 0 Å². The molecule has 6 atom stereocenters. The van der Waals surface area contributed by atoms with Crippen LogP contribution in [0.1, 0.15) is 64.4 Å². The van der Waals surface area contributed by atoms with Gasteiger partial charge in [0.15, 0.2) is 0 Å². The molecule has 0 aromatic heterocycles. The van der Waals surface area contributed by atoms with Crippen LogP contribution in [-0.4, -0.2) is 29.0 Å². The Balaban J connectivity index is 1.37. The van der Waals surface area contributed by atoms with Gasteiger partial charge in [-0.25, -0.2) is 0 Å². The lowest BCUT2D eigenvalue weighted by molar-refractivity contribution is 0.137. The van der Waals surface area contributed by atoms with Crippen molar-refractivity contribution in [3.8, 4) is 11.8 Å². The first-order valence-electron chi connectivity index (χ1n) is 12.4. The Hall–Kier alpha value is -1.86. The number of unbranched alkanes of at least 4 members (excludes halogenated alkanes) is 2. The molecule has 1 aromatic carbocycles. The van der Waals surface area contributed by atoms with Crippen LogP contribution in [0.3, 0.4) is 0 Å².